The molecule has 0 aliphatic carbocycles. The molecule has 1 atom stereocenters. The molecule has 0 fully saturated rings. The Morgan fingerprint density at radius 1 is 1.12 bits per heavy atom. The quantitative estimate of drug-likeness (QED) is 0.685. The minimum Gasteiger partial charge on any atom is -0.326 e. The van der Waals surface area contributed by atoms with Crippen molar-refractivity contribution in [2.24, 2.45) is 0 Å². The van der Waals surface area contributed by atoms with E-state index in [0.717, 1.165) is 21.9 Å². The molecule has 2 aromatic carbocycles. The van der Waals surface area contributed by atoms with E-state index < -0.39 is 48.0 Å². The number of halogens is 4. The number of hydrogen-bond acceptors (Lipinski definition) is 3. The minimum absolute atomic E-state index is 0.0486. The van der Waals surface area contributed by atoms with E-state index in [1.54, 1.807) is 0 Å². The molecule has 0 unspecified atom stereocenters. The lowest BCUT2D eigenvalue weighted by Gasteiger charge is -2.32. The summed E-state index contributed by atoms with van der Waals surface area (Å²) in [5.74, 6) is -2.04. The van der Waals surface area contributed by atoms with Gasteiger partial charge >= 0.3 is 12.2 Å². The van der Waals surface area contributed by atoms with E-state index in [2.05, 4.69) is 10.6 Å². The van der Waals surface area contributed by atoms with E-state index in [-0.39, 0.29) is 29.1 Å². The molecule has 0 spiro atoms. The number of carbonyl (C=O) groups is 3. The van der Waals surface area contributed by atoms with Crippen LogP contribution in [0.1, 0.15) is 17.2 Å². The van der Waals surface area contributed by atoms with E-state index in [0.29, 0.717) is 0 Å². The molecule has 172 valence electrons. The summed E-state index contributed by atoms with van der Waals surface area (Å²) in [7, 11) is 1.38. The monoisotopic (exact) mass is 462 g/mol. The smallest absolute Gasteiger partial charge is 0.326 e. The molecule has 0 radical (unpaired) electrons. The Labute approximate surface area is 185 Å². The number of alkyl halides is 3. The number of likely N-dealkylation sites (N-methyl/N-ethyl adjacent to an activating group) is 1. The lowest BCUT2D eigenvalue weighted by atomic mass is 9.92. The third-order valence-electron chi connectivity index (χ3n) is 5.49. The SMILES string of the molecule is CN1C(=O)N[C@H](c2ccccc2C(F)(F)F)C2=C1CN(CC(=O)Nc1ccccc1F)C2=O. The molecule has 0 aromatic heterocycles. The van der Waals surface area contributed by atoms with Crippen LogP contribution in [-0.4, -0.2) is 47.8 Å². The minimum atomic E-state index is -4.70. The van der Waals surface area contributed by atoms with Crippen LogP contribution in [0.5, 0.6) is 0 Å². The number of hydrogen-bond donors (Lipinski definition) is 2. The second-order valence-electron chi connectivity index (χ2n) is 7.58. The molecule has 7 nitrogen and oxygen atoms in total. The maximum Gasteiger partial charge on any atom is 0.416 e. The average Bonchev–Trinajstić information content (AvgIpc) is 3.08. The van der Waals surface area contributed by atoms with Crippen molar-refractivity contribution >= 4 is 23.5 Å². The molecule has 2 aliphatic heterocycles. The first-order valence-electron chi connectivity index (χ1n) is 9.85. The summed E-state index contributed by atoms with van der Waals surface area (Å²) in [4.78, 5) is 40.2. The highest BCUT2D eigenvalue weighted by Gasteiger charge is 2.46. The molecule has 0 bridgehead atoms. The number of carbonyl (C=O) groups excluding carboxylic acids is 3. The summed E-state index contributed by atoms with van der Waals surface area (Å²) in [6.45, 7) is -0.636. The van der Waals surface area contributed by atoms with Crippen LogP contribution in [0, 0.1) is 5.82 Å². The Morgan fingerprint density at radius 3 is 2.48 bits per heavy atom. The van der Waals surface area contributed by atoms with Gasteiger partial charge in [-0.3, -0.25) is 14.5 Å². The Bertz CT molecular complexity index is 1180. The predicted octanol–water partition coefficient (Wildman–Crippen LogP) is 3.28. The zero-order chi connectivity index (χ0) is 23.9. The summed E-state index contributed by atoms with van der Waals surface area (Å²) in [5, 5.41) is 4.81. The topological polar surface area (TPSA) is 81.8 Å². The first-order valence-corrected chi connectivity index (χ1v) is 9.85. The zero-order valence-corrected chi connectivity index (χ0v) is 17.2. The van der Waals surface area contributed by atoms with Crippen LogP contribution in [-0.2, 0) is 15.8 Å². The van der Waals surface area contributed by atoms with Gasteiger partial charge < -0.3 is 15.5 Å². The zero-order valence-electron chi connectivity index (χ0n) is 17.2. The number of amides is 4. The first-order chi connectivity index (χ1) is 15.6. The fourth-order valence-electron chi connectivity index (χ4n) is 3.92. The van der Waals surface area contributed by atoms with Crippen LogP contribution >= 0.6 is 0 Å². The van der Waals surface area contributed by atoms with Crippen molar-refractivity contribution in [3.05, 3.63) is 76.7 Å². The van der Waals surface area contributed by atoms with Crippen molar-refractivity contribution in [3.63, 3.8) is 0 Å². The van der Waals surface area contributed by atoms with Crippen molar-refractivity contribution in [3.8, 4) is 0 Å². The summed E-state index contributed by atoms with van der Waals surface area (Å²) >= 11 is 0. The van der Waals surface area contributed by atoms with E-state index in [1.807, 2.05) is 0 Å². The first kappa shape index (κ1) is 22.3. The van der Waals surface area contributed by atoms with Gasteiger partial charge in [0.2, 0.25) is 5.91 Å². The number of nitrogens with one attached hydrogen (secondary N) is 2. The number of benzene rings is 2. The van der Waals surface area contributed by atoms with E-state index in [9.17, 15) is 31.9 Å². The lowest BCUT2D eigenvalue weighted by Crippen LogP contribution is -2.45. The third-order valence-corrected chi connectivity index (χ3v) is 5.49. The van der Waals surface area contributed by atoms with E-state index in [4.69, 9.17) is 0 Å². The third kappa shape index (κ3) is 4.13. The van der Waals surface area contributed by atoms with E-state index >= 15 is 0 Å². The molecule has 11 heteroatoms. The average molecular weight is 462 g/mol. The molecule has 2 aliphatic rings. The van der Waals surface area contributed by atoms with Crippen molar-refractivity contribution in [1.29, 1.82) is 0 Å². The molecule has 2 aromatic rings. The normalized spacial score (nSPS) is 18.4. The summed E-state index contributed by atoms with van der Waals surface area (Å²) < 4.78 is 54.6. The van der Waals surface area contributed by atoms with Crippen molar-refractivity contribution < 1.29 is 31.9 Å². The standard InChI is InChI=1S/C22H18F4N4O3/c1-29-16-10-30(11-17(31)27-15-9-5-4-8-14(15)23)20(32)18(16)19(28-21(29)33)12-6-2-3-7-13(12)22(24,25)26/h2-9,19H,10-11H2,1H3,(H,27,31)(H,28,33)/t19-/m1/s1. The maximum absolute atomic E-state index is 13.8. The Hall–Kier alpha value is -3.89. The number of nitrogens with zero attached hydrogens (tertiary/aromatic N) is 2. The van der Waals surface area contributed by atoms with Gasteiger partial charge in [0.05, 0.1) is 35.1 Å². The molecule has 2 N–H and O–H groups in total. The second kappa shape index (κ2) is 8.23. The van der Waals surface area contributed by atoms with Crippen LogP contribution in [0.4, 0.5) is 28.0 Å². The van der Waals surface area contributed by atoms with Crippen molar-refractivity contribution in [1.82, 2.24) is 15.1 Å². The molecular formula is C22H18F4N4O3. The number of anilines is 1. The van der Waals surface area contributed by atoms with Crippen molar-refractivity contribution in [2.45, 2.75) is 12.2 Å². The Balaban J connectivity index is 1.62. The summed E-state index contributed by atoms with van der Waals surface area (Å²) in [6, 6.07) is 8.14. The maximum atomic E-state index is 13.8. The van der Waals surface area contributed by atoms with Crippen LogP contribution in [0.15, 0.2) is 59.8 Å². The molecule has 33 heavy (non-hydrogen) atoms. The molecule has 0 saturated heterocycles. The second-order valence-corrected chi connectivity index (χ2v) is 7.58. The number of rotatable bonds is 4. The fourth-order valence-corrected chi connectivity index (χ4v) is 3.92. The van der Waals surface area contributed by atoms with E-state index in [1.165, 1.54) is 43.4 Å². The van der Waals surface area contributed by atoms with Gasteiger partial charge in [-0.2, -0.15) is 13.2 Å². The highest BCUT2D eigenvalue weighted by atomic mass is 19.4. The molecule has 4 amide bonds. The van der Waals surface area contributed by atoms with Gasteiger partial charge in [0.25, 0.3) is 5.91 Å². The highest BCUT2D eigenvalue weighted by Crippen LogP contribution is 2.41. The molecular weight excluding hydrogens is 444 g/mol. The van der Waals surface area contributed by atoms with Crippen LogP contribution in [0.3, 0.4) is 0 Å². The highest BCUT2D eigenvalue weighted by molar-refractivity contribution is 6.04. The van der Waals surface area contributed by atoms with Gasteiger partial charge in [0, 0.05) is 7.05 Å². The molecule has 0 saturated carbocycles. The summed E-state index contributed by atoms with van der Waals surface area (Å²) in [5.41, 5.74) is -1.17. The van der Waals surface area contributed by atoms with Gasteiger partial charge in [0.1, 0.15) is 12.4 Å². The lowest BCUT2D eigenvalue weighted by molar-refractivity contribution is -0.138. The predicted molar refractivity (Wildman–Crippen MR) is 109 cm³/mol. The molecule has 4 rings (SSSR count). The van der Waals surface area contributed by atoms with Gasteiger partial charge in [-0.1, -0.05) is 30.3 Å². The van der Waals surface area contributed by atoms with Gasteiger partial charge in [0.15, 0.2) is 0 Å². The van der Waals surface area contributed by atoms with Gasteiger partial charge in [-0.25, -0.2) is 9.18 Å². The largest absolute Gasteiger partial charge is 0.416 e. The Morgan fingerprint density at radius 2 is 1.79 bits per heavy atom. The van der Waals surface area contributed by atoms with Crippen LogP contribution < -0.4 is 10.6 Å². The van der Waals surface area contributed by atoms with Gasteiger partial charge in [-0.15, -0.1) is 0 Å². The van der Waals surface area contributed by atoms with Crippen molar-refractivity contribution in [2.75, 3.05) is 25.5 Å². The van der Waals surface area contributed by atoms with Gasteiger partial charge in [-0.05, 0) is 23.8 Å². The fraction of sp³-hybridized carbons (Fsp3) is 0.227. The number of para-hydroxylation sites is 1. The number of urea groups is 1. The molecule has 2 heterocycles. The van der Waals surface area contributed by atoms with Crippen LogP contribution in [0.2, 0.25) is 0 Å². The van der Waals surface area contributed by atoms with Crippen LogP contribution in [0.25, 0.3) is 0 Å². The summed E-state index contributed by atoms with van der Waals surface area (Å²) in [6.07, 6.45) is -4.70. The Kier molecular flexibility index (Phi) is 5.56.